The number of benzene rings is 3. The van der Waals surface area contributed by atoms with Crippen molar-refractivity contribution < 1.29 is 13.9 Å². The number of hydrogen-bond donors (Lipinski definition) is 2. The molecule has 0 aliphatic rings. The Balaban J connectivity index is 1.39. The number of amides is 1. The minimum absolute atomic E-state index is 0.108. The largest absolute Gasteiger partial charge is 0.484 e. The second kappa shape index (κ2) is 10.0. The molecule has 1 amide bonds. The van der Waals surface area contributed by atoms with Crippen LogP contribution in [0.15, 0.2) is 65.1 Å². The highest BCUT2D eigenvalue weighted by molar-refractivity contribution is 7.80. The van der Waals surface area contributed by atoms with E-state index in [0.717, 1.165) is 23.1 Å². The quantitative estimate of drug-likeness (QED) is 0.335. The van der Waals surface area contributed by atoms with Crippen molar-refractivity contribution in [3.8, 4) is 17.2 Å². The minimum atomic E-state index is -0.381. The number of anilines is 1. The molecule has 4 rings (SSSR count). The van der Waals surface area contributed by atoms with Gasteiger partial charge in [-0.3, -0.25) is 10.1 Å². The van der Waals surface area contributed by atoms with Gasteiger partial charge in [0.15, 0.2) is 17.3 Å². The Bertz CT molecular complexity index is 1320. The zero-order chi connectivity index (χ0) is 23.4. The Hall–Kier alpha value is -3.42. The van der Waals surface area contributed by atoms with Crippen LogP contribution in [-0.4, -0.2) is 22.6 Å². The Labute approximate surface area is 201 Å². The van der Waals surface area contributed by atoms with Crippen molar-refractivity contribution in [1.29, 1.82) is 0 Å². The van der Waals surface area contributed by atoms with Gasteiger partial charge in [-0.25, -0.2) is 4.98 Å². The van der Waals surface area contributed by atoms with E-state index < -0.39 is 0 Å². The Morgan fingerprint density at radius 2 is 1.91 bits per heavy atom. The van der Waals surface area contributed by atoms with Crippen molar-refractivity contribution >= 4 is 51.6 Å². The molecule has 0 radical (unpaired) electrons. The van der Waals surface area contributed by atoms with Crippen molar-refractivity contribution in [2.75, 3.05) is 11.9 Å². The highest BCUT2D eigenvalue weighted by Gasteiger charge is 2.13. The second-order valence-corrected chi connectivity index (χ2v) is 8.29. The number of aryl methyl sites for hydroxylation is 2. The van der Waals surface area contributed by atoms with Gasteiger partial charge in [0.2, 0.25) is 5.89 Å². The molecule has 3 aromatic carbocycles. The molecular weight excluding hydrogens is 458 g/mol. The summed E-state index contributed by atoms with van der Waals surface area (Å²) in [5.74, 6) is 0.701. The van der Waals surface area contributed by atoms with E-state index in [0.29, 0.717) is 27.9 Å². The van der Waals surface area contributed by atoms with Gasteiger partial charge in [-0.15, -0.1) is 0 Å². The third-order valence-corrected chi connectivity index (χ3v) is 5.49. The molecule has 0 unspecified atom stereocenters. The van der Waals surface area contributed by atoms with Crippen molar-refractivity contribution in [3.05, 3.63) is 76.8 Å². The first-order valence-electron chi connectivity index (χ1n) is 10.4. The summed E-state index contributed by atoms with van der Waals surface area (Å²) >= 11 is 11.6. The number of ether oxygens (including phenoxy) is 1. The molecule has 0 aliphatic carbocycles. The molecular formula is C25H22ClN3O3S. The fraction of sp³-hybridized carbons (Fsp3) is 0.160. The number of hydrogen-bond acceptors (Lipinski definition) is 5. The summed E-state index contributed by atoms with van der Waals surface area (Å²) in [7, 11) is 0. The van der Waals surface area contributed by atoms with Crippen molar-refractivity contribution in [3.63, 3.8) is 0 Å². The number of nitrogens with zero attached hydrogens (tertiary/aromatic N) is 1. The summed E-state index contributed by atoms with van der Waals surface area (Å²) in [6.45, 7) is 3.91. The van der Waals surface area contributed by atoms with E-state index >= 15 is 0 Å². The van der Waals surface area contributed by atoms with E-state index in [2.05, 4.69) is 22.5 Å². The molecule has 1 heterocycles. The van der Waals surface area contributed by atoms with Crippen LogP contribution in [-0.2, 0) is 11.2 Å². The van der Waals surface area contributed by atoms with Gasteiger partial charge in [-0.2, -0.15) is 0 Å². The highest BCUT2D eigenvalue weighted by Crippen LogP contribution is 2.30. The first kappa shape index (κ1) is 22.8. The van der Waals surface area contributed by atoms with Gasteiger partial charge in [-0.05, 0) is 79.2 Å². The molecule has 33 heavy (non-hydrogen) atoms. The van der Waals surface area contributed by atoms with Crippen molar-refractivity contribution in [2.45, 2.75) is 20.3 Å². The molecule has 6 nitrogen and oxygen atoms in total. The molecule has 0 saturated heterocycles. The summed E-state index contributed by atoms with van der Waals surface area (Å²) in [6.07, 6.45) is 0.941. The Morgan fingerprint density at radius 3 is 2.67 bits per heavy atom. The average molecular weight is 480 g/mol. The van der Waals surface area contributed by atoms with Crippen LogP contribution in [0.4, 0.5) is 5.69 Å². The number of fused-ring (bicyclic) bond motifs is 1. The van der Waals surface area contributed by atoms with E-state index in [1.165, 1.54) is 5.56 Å². The molecule has 0 aliphatic heterocycles. The van der Waals surface area contributed by atoms with Gasteiger partial charge in [0.05, 0.1) is 10.7 Å². The first-order chi connectivity index (χ1) is 15.9. The van der Waals surface area contributed by atoms with E-state index in [1.807, 2.05) is 55.5 Å². The third-order valence-electron chi connectivity index (χ3n) is 4.96. The summed E-state index contributed by atoms with van der Waals surface area (Å²) in [4.78, 5) is 16.8. The predicted molar refractivity (Wildman–Crippen MR) is 135 cm³/mol. The van der Waals surface area contributed by atoms with Crippen molar-refractivity contribution in [1.82, 2.24) is 10.3 Å². The Kier molecular flexibility index (Phi) is 6.91. The van der Waals surface area contributed by atoms with Crippen LogP contribution in [0.1, 0.15) is 18.1 Å². The molecule has 4 aromatic rings. The number of aromatic nitrogens is 1. The molecule has 168 valence electrons. The van der Waals surface area contributed by atoms with Crippen LogP contribution in [0.3, 0.4) is 0 Å². The topological polar surface area (TPSA) is 76.4 Å². The maximum Gasteiger partial charge on any atom is 0.264 e. The maximum absolute atomic E-state index is 12.2. The van der Waals surface area contributed by atoms with Gasteiger partial charge in [0.25, 0.3) is 5.91 Å². The normalized spacial score (nSPS) is 10.8. The SMILES string of the molecule is CCc1ccc(OCC(=O)NC(=S)Nc2cc(-c3nc4cc(C)ccc4o3)ccc2Cl)cc1. The fourth-order valence-electron chi connectivity index (χ4n) is 3.20. The minimum Gasteiger partial charge on any atom is -0.484 e. The number of oxazole rings is 1. The Morgan fingerprint density at radius 1 is 1.12 bits per heavy atom. The number of halogens is 1. The van der Waals surface area contributed by atoms with E-state index in [9.17, 15) is 4.79 Å². The molecule has 1 aromatic heterocycles. The lowest BCUT2D eigenvalue weighted by molar-refractivity contribution is -0.121. The summed E-state index contributed by atoms with van der Waals surface area (Å²) in [6, 6.07) is 18.7. The summed E-state index contributed by atoms with van der Waals surface area (Å²) in [5.41, 5.74) is 5.03. The average Bonchev–Trinajstić information content (AvgIpc) is 3.22. The zero-order valence-electron chi connectivity index (χ0n) is 18.1. The third kappa shape index (κ3) is 5.69. The zero-order valence-corrected chi connectivity index (χ0v) is 19.7. The molecule has 0 spiro atoms. The van der Waals surface area contributed by atoms with E-state index in [4.69, 9.17) is 33.0 Å². The van der Waals surface area contributed by atoms with Gasteiger partial charge in [0, 0.05) is 5.56 Å². The van der Waals surface area contributed by atoms with Crippen LogP contribution in [0.5, 0.6) is 5.75 Å². The standard InChI is InChI=1S/C25H22ClN3O3S/c1-3-16-5-8-18(9-6-16)31-14-23(30)29-25(33)28-20-13-17(7-10-19(20)26)24-27-21-12-15(2)4-11-22(21)32-24/h4-13H,3,14H2,1-2H3,(H2,28,29,30,33). The number of carbonyl (C=O) groups excluding carboxylic acids is 1. The van der Waals surface area contributed by atoms with Gasteiger partial charge in [-0.1, -0.05) is 36.7 Å². The number of rotatable bonds is 6. The lowest BCUT2D eigenvalue weighted by Crippen LogP contribution is -2.37. The predicted octanol–water partition coefficient (Wildman–Crippen LogP) is 5.91. The van der Waals surface area contributed by atoms with Gasteiger partial charge < -0.3 is 14.5 Å². The summed E-state index contributed by atoms with van der Waals surface area (Å²) in [5, 5.41) is 6.09. The lowest BCUT2D eigenvalue weighted by Gasteiger charge is -2.12. The smallest absolute Gasteiger partial charge is 0.264 e. The number of nitrogens with one attached hydrogen (secondary N) is 2. The molecule has 8 heteroatoms. The number of carbonyl (C=O) groups is 1. The number of thiocarbonyl (C=S) groups is 1. The second-order valence-electron chi connectivity index (χ2n) is 7.47. The van der Waals surface area contributed by atoms with Crippen LogP contribution < -0.4 is 15.4 Å². The highest BCUT2D eigenvalue weighted by atomic mass is 35.5. The molecule has 0 atom stereocenters. The van der Waals surface area contributed by atoms with E-state index in [1.54, 1.807) is 12.1 Å². The lowest BCUT2D eigenvalue weighted by atomic mass is 10.2. The summed E-state index contributed by atoms with van der Waals surface area (Å²) < 4.78 is 11.4. The molecule has 0 fully saturated rings. The molecule has 2 N–H and O–H groups in total. The fourth-order valence-corrected chi connectivity index (χ4v) is 3.59. The monoisotopic (exact) mass is 479 g/mol. The van der Waals surface area contributed by atoms with Crippen LogP contribution in [0, 0.1) is 6.92 Å². The van der Waals surface area contributed by atoms with Crippen molar-refractivity contribution in [2.24, 2.45) is 0 Å². The van der Waals surface area contributed by atoms with Crippen LogP contribution in [0.25, 0.3) is 22.6 Å². The van der Waals surface area contributed by atoms with Crippen LogP contribution in [0.2, 0.25) is 5.02 Å². The van der Waals surface area contributed by atoms with Gasteiger partial charge in [0.1, 0.15) is 11.3 Å². The molecule has 0 bridgehead atoms. The first-order valence-corrected chi connectivity index (χ1v) is 11.2. The van der Waals surface area contributed by atoms with Gasteiger partial charge >= 0.3 is 0 Å². The van der Waals surface area contributed by atoms with Crippen LogP contribution >= 0.6 is 23.8 Å². The van der Waals surface area contributed by atoms with E-state index in [-0.39, 0.29) is 17.6 Å². The molecule has 0 saturated carbocycles. The maximum atomic E-state index is 12.2.